The molecule has 4 N–H and O–H groups in total. The van der Waals surface area contributed by atoms with Crippen molar-refractivity contribution in [3.8, 4) is 0 Å². The summed E-state index contributed by atoms with van der Waals surface area (Å²) in [6, 6.07) is 18.0. The molecule has 2 heterocycles. The van der Waals surface area contributed by atoms with Crippen molar-refractivity contribution in [3.63, 3.8) is 0 Å². The van der Waals surface area contributed by atoms with Crippen LogP contribution in [0.2, 0.25) is 0 Å². The second-order valence-electron chi connectivity index (χ2n) is 11.0. The fourth-order valence-corrected chi connectivity index (χ4v) is 6.31. The molecule has 0 aliphatic carbocycles. The van der Waals surface area contributed by atoms with E-state index in [0.717, 1.165) is 49.9 Å². The fraction of sp³-hybridized carbons (Fsp3) is 0.531. The Labute approximate surface area is 238 Å². The molecule has 2 saturated heterocycles. The molecule has 0 spiro atoms. The van der Waals surface area contributed by atoms with Gasteiger partial charge in [-0.3, -0.25) is 14.4 Å². The molecule has 4 rings (SSSR count). The second-order valence-corrected chi connectivity index (χ2v) is 11.0. The van der Waals surface area contributed by atoms with E-state index in [9.17, 15) is 14.4 Å². The Morgan fingerprint density at radius 3 is 2.12 bits per heavy atom. The minimum atomic E-state index is -0.647. The van der Waals surface area contributed by atoms with E-state index in [2.05, 4.69) is 28.2 Å². The summed E-state index contributed by atoms with van der Waals surface area (Å²) in [5, 5.41) is 12.8. The van der Waals surface area contributed by atoms with Gasteiger partial charge in [0.05, 0.1) is 12.1 Å². The molecule has 0 saturated carbocycles. The molecule has 0 unspecified atom stereocenters. The monoisotopic (exact) mass is 547 g/mol. The van der Waals surface area contributed by atoms with E-state index in [1.165, 1.54) is 0 Å². The van der Waals surface area contributed by atoms with E-state index >= 15 is 0 Å². The zero-order valence-corrected chi connectivity index (χ0v) is 24.1. The standard InChI is InChI=1S/C32H45N5O3/c1-4-26(33-3)30(38)36-29-24(20-21-34-5-2)16-17-25-18-19-27(37(25)32(29)40)31(39)35-28(22-12-8-6-9-13-22)23-14-10-7-11-15-23/h6-15,24-29,33-34H,4-5,16-21H2,1-3H3,(H,35,39)(H,36,38)/t24-,25+,26+,27+,29+/m1/s1. The van der Waals surface area contributed by atoms with Crippen LogP contribution in [0.15, 0.2) is 60.7 Å². The van der Waals surface area contributed by atoms with Gasteiger partial charge in [0.25, 0.3) is 0 Å². The summed E-state index contributed by atoms with van der Waals surface area (Å²) in [5.41, 5.74) is 1.98. The van der Waals surface area contributed by atoms with Crippen LogP contribution in [-0.2, 0) is 14.4 Å². The average molecular weight is 548 g/mol. The van der Waals surface area contributed by atoms with Crippen molar-refractivity contribution in [3.05, 3.63) is 71.8 Å². The number of nitrogens with zero attached hydrogens (tertiary/aromatic N) is 1. The van der Waals surface area contributed by atoms with Crippen molar-refractivity contribution < 1.29 is 14.4 Å². The maximum atomic E-state index is 14.2. The number of carbonyl (C=O) groups excluding carboxylic acids is 3. The van der Waals surface area contributed by atoms with Gasteiger partial charge in [-0.05, 0) is 75.7 Å². The number of carbonyl (C=O) groups is 3. The molecular formula is C32H45N5O3. The zero-order valence-electron chi connectivity index (χ0n) is 24.1. The van der Waals surface area contributed by atoms with Gasteiger partial charge in [-0.1, -0.05) is 74.5 Å². The maximum Gasteiger partial charge on any atom is 0.246 e. The quantitative estimate of drug-likeness (QED) is 0.306. The van der Waals surface area contributed by atoms with Crippen LogP contribution in [0.3, 0.4) is 0 Å². The number of nitrogens with one attached hydrogen (secondary N) is 4. The van der Waals surface area contributed by atoms with Gasteiger partial charge >= 0.3 is 0 Å². The molecule has 2 aromatic carbocycles. The zero-order chi connectivity index (χ0) is 28.5. The van der Waals surface area contributed by atoms with Crippen LogP contribution < -0.4 is 21.3 Å². The summed E-state index contributed by atoms with van der Waals surface area (Å²) in [7, 11) is 1.76. The summed E-state index contributed by atoms with van der Waals surface area (Å²) in [6.45, 7) is 5.66. The molecule has 5 atom stereocenters. The highest BCUT2D eigenvalue weighted by Crippen LogP contribution is 2.35. The Kier molecular flexibility index (Phi) is 10.7. The summed E-state index contributed by atoms with van der Waals surface area (Å²) in [6.07, 6.45) is 4.51. The van der Waals surface area contributed by atoms with E-state index in [-0.39, 0.29) is 41.8 Å². The summed E-state index contributed by atoms with van der Waals surface area (Å²) in [5.74, 6) is -0.424. The SMILES string of the molecule is CCNCC[C@H]1CC[C@H]2CC[C@@H](C(=O)NC(c3ccccc3)c3ccccc3)N2C(=O)[C@H]1NC(=O)[C@H](CC)NC. The Bertz CT molecular complexity index is 1070. The Hall–Kier alpha value is -3.23. The van der Waals surface area contributed by atoms with Crippen molar-refractivity contribution in [1.82, 2.24) is 26.2 Å². The van der Waals surface area contributed by atoms with Gasteiger partial charge < -0.3 is 26.2 Å². The van der Waals surface area contributed by atoms with Crippen molar-refractivity contribution in [2.75, 3.05) is 20.1 Å². The van der Waals surface area contributed by atoms with Crippen molar-refractivity contribution in [2.45, 2.75) is 82.6 Å². The number of fused-ring (bicyclic) bond motifs is 1. The van der Waals surface area contributed by atoms with E-state index in [1.807, 2.05) is 67.6 Å². The van der Waals surface area contributed by atoms with Crippen LogP contribution in [-0.4, -0.2) is 66.9 Å². The number of rotatable bonds is 12. The molecule has 3 amide bonds. The summed E-state index contributed by atoms with van der Waals surface area (Å²) in [4.78, 5) is 43.1. The lowest BCUT2D eigenvalue weighted by Gasteiger charge is -2.33. The number of amides is 3. The number of hydrogen-bond donors (Lipinski definition) is 4. The van der Waals surface area contributed by atoms with E-state index in [4.69, 9.17) is 0 Å². The normalized spacial score (nSPS) is 23.4. The lowest BCUT2D eigenvalue weighted by atomic mass is 9.90. The highest BCUT2D eigenvalue weighted by Gasteiger charge is 2.47. The predicted molar refractivity (Wildman–Crippen MR) is 157 cm³/mol. The third-order valence-corrected chi connectivity index (χ3v) is 8.53. The molecule has 216 valence electrons. The van der Waals surface area contributed by atoms with Crippen LogP contribution >= 0.6 is 0 Å². The van der Waals surface area contributed by atoms with E-state index in [1.54, 1.807) is 11.9 Å². The van der Waals surface area contributed by atoms with Crippen LogP contribution in [0.1, 0.15) is 69.5 Å². The number of benzene rings is 2. The second kappa shape index (κ2) is 14.4. The average Bonchev–Trinajstić information content (AvgIpc) is 3.37. The maximum absolute atomic E-state index is 14.2. The first-order chi connectivity index (χ1) is 19.5. The highest BCUT2D eigenvalue weighted by atomic mass is 16.2. The van der Waals surface area contributed by atoms with Gasteiger partial charge in [-0.2, -0.15) is 0 Å². The third-order valence-electron chi connectivity index (χ3n) is 8.53. The van der Waals surface area contributed by atoms with Crippen molar-refractivity contribution in [2.24, 2.45) is 5.92 Å². The summed E-state index contributed by atoms with van der Waals surface area (Å²) < 4.78 is 0. The molecule has 8 nitrogen and oxygen atoms in total. The van der Waals surface area contributed by atoms with Crippen molar-refractivity contribution >= 4 is 17.7 Å². The third kappa shape index (κ3) is 6.91. The first kappa shape index (κ1) is 29.7. The smallest absolute Gasteiger partial charge is 0.246 e. The fourth-order valence-electron chi connectivity index (χ4n) is 6.31. The number of likely N-dealkylation sites (N-methyl/N-ethyl adjacent to an activating group) is 1. The molecule has 0 aromatic heterocycles. The first-order valence-corrected chi connectivity index (χ1v) is 14.9. The van der Waals surface area contributed by atoms with Gasteiger partial charge in [-0.15, -0.1) is 0 Å². The molecule has 2 aliphatic rings. The van der Waals surface area contributed by atoms with Crippen LogP contribution in [0.4, 0.5) is 0 Å². The molecule has 40 heavy (non-hydrogen) atoms. The Balaban J connectivity index is 1.58. The topological polar surface area (TPSA) is 103 Å². The van der Waals surface area contributed by atoms with Crippen molar-refractivity contribution in [1.29, 1.82) is 0 Å². The lowest BCUT2D eigenvalue weighted by Crippen LogP contribution is -2.58. The molecule has 2 fully saturated rings. The van der Waals surface area contributed by atoms with Gasteiger partial charge in [0.15, 0.2) is 0 Å². The molecule has 2 aromatic rings. The molecule has 2 aliphatic heterocycles. The van der Waals surface area contributed by atoms with E-state index in [0.29, 0.717) is 12.8 Å². The first-order valence-electron chi connectivity index (χ1n) is 14.9. The highest BCUT2D eigenvalue weighted by molar-refractivity contribution is 5.94. The van der Waals surface area contributed by atoms with Gasteiger partial charge in [0.2, 0.25) is 17.7 Å². The Morgan fingerprint density at radius 2 is 1.55 bits per heavy atom. The number of hydrogen-bond acceptors (Lipinski definition) is 5. The minimum absolute atomic E-state index is 0.00459. The predicted octanol–water partition coefficient (Wildman–Crippen LogP) is 3.14. The lowest BCUT2D eigenvalue weighted by molar-refractivity contribution is -0.143. The van der Waals surface area contributed by atoms with Crippen LogP contribution in [0, 0.1) is 5.92 Å². The van der Waals surface area contributed by atoms with E-state index < -0.39 is 12.1 Å². The summed E-state index contributed by atoms with van der Waals surface area (Å²) >= 11 is 0. The van der Waals surface area contributed by atoms with Crippen LogP contribution in [0.5, 0.6) is 0 Å². The van der Waals surface area contributed by atoms with Gasteiger partial charge in [0.1, 0.15) is 12.1 Å². The molecule has 0 bridgehead atoms. The molecular weight excluding hydrogens is 502 g/mol. The molecule has 0 radical (unpaired) electrons. The molecule has 8 heteroatoms. The van der Waals surface area contributed by atoms with Gasteiger partial charge in [0, 0.05) is 6.04 Å². The Morgan fingerprint density at radius 1 is 0.925 bits per heavy atom. The van der Waals surface area contributed by atoms with Crippen LogP contribution in [0.25, 0.3) is 0 Å². The largest absolute Gasteiger partial charge is 0.343 e. The van der Waals surface area contributed by atoms with Gasteiger partial charge in [-0.25, -0.2) is 0 Å². The minimum Gasteiger partial charge on any atom is -0.343 e.